The number of fused-ring (bicyclic) bond motifs is 1. The van der Waals surface area contributed by atoms with Crippen LogP contribution in [0.15, 0.2) is 0 Å². The van der Waals surface area contributed by atoms with E-state index < -0.39 is 12.1 Å². The van der Waals surface area contributed by atoms with Crippen molar-refractivity contribution in [3.63, 3.8) is 0 Å². The minimum absolute atomic E-state index is 0.0599. The Kier molecular flexibility index (Phi) is 3.66. The summed E-state index contributed by atoms with van der Waals surface area (Å²) >= 11 is 0. The number of hydrogen-bond donors (Lipinski definition) is 2. The van der Waals surface area contributed by atoms with E-state index in [0.29, 0.717) is 0 Å². The maximum absolute atomic E-state index is 11.8. The molecule has 96 valence electrons. The molecule has 0 aromatic heterocycles. The van der Waals surface area contributed by atoms with Crippen LogP contribution < -0.4 is 5.32 Å². The van der Waals surface area contributed by atoms with Crippen molar-refractivity contribution >= 4 is 11.9 Å². The van der Waals surface area contributed by atoms with Gasteiger partial charge in [0.05, 0.1) is 12.5 Å². The summed E-state index contributed by atoms with van der Waals surface area (Å²) in [4.78, 5) is 22.3. The maximum atomic E-state index is 11.8. The highest BCUT2D eigenvalue weighted by Gasteiger charge is 2.47. The van der Waals surface area contributed by atoms with Gasteiger partial charge in [-0.2, -0.15) is 0 Å². The highest BCUT2D eigenvalue weighted by Crippen LogP contribution is 2.54. The first kappa shape index (κ1) is 12.4. The molecule has 0 heterocycles. The molecule has 2 aliphatic rings. The van der Waals surface area contributed by atoms with Crippen LogP contribution in [-0.4, -0.2) is 36.7 Å². The molecule has 0 aromatic rings. The average Bonchev–Trinajstić information content (AvgIpc) is 2.90. The van der Waals surface area contributed by atoms with Crippen LogP contribution in [0.25, 0.3) is 0 Å². The zero-order valence-electron chi connectivity index (χ0n) is 10.0. The van der Waals surface area contributed by atoms with Crippen molar-refractivity contribution in [2.75, 3.05) is 13.7 Å². The summed E-state index contributed by atoms with van der Waals surface area (Å²) in [7, 11) is 1.46. The fourth-order valence-electron chi connectivity index (χ4n) is 2.72. The fraction of sp³-hybridized carbons (Fsp3) is 0.833. The first-order chi connectivity index (χ1) is 8.10. The van der Waals surface area contributed by atoms with Crippen LogP contribution in [0.2, 0.25) is 0 Å². The second-order valence-corrected chi connectivity index (χ2v) is 5.12. The molecule has 5 heteroatoms. The van der Waals surface area contributed by atoms with E-state index in [2.05, 4.69) is 5.32 Å². The molecule has 2 fully saturated rings. The van der Waals surface area contributed by atoms with Gasteiger partial charge in [-0.15, -0.1) is 0 Å². The third-order valence-electron chi connectivity index (χ3n) is 3.85. The first-order valence-electron chi connectivity index (χ1n) is 6.12. The van der Waals surface area contributed by atoms with E-state index in [1.807, 2.05) is 0 Å². The van der Waals surface area contributed by atoms with Crippen molar-refractivity contribution in [2.45, 2.75) is 31.8 Å². The van der Waals surface area contributed by atoms with Crippen molar-refractivity contribution in [3.8, 4) is 0 Å². The van der Waals surface area contributed by atoms with E-state index >= 15 is 0 Å². The predicted molar refractivity (Wildman–Crippen MR) is 60.4 cm³/mol. The number of carbonyl (C=O) groups is 2. The van der Waals surface area contributed by atoms with Gasteiger partial charge in [0, 0.05) is 19.6 Å². The van der Waals surface area contributed by atoms with E-state index in [9.17, 15) is 9.59 Å². The number of methoxy groups -OCH3 is 1. The standard InChI is InChI=1S/C12H19NO4/c1-17-10(5-11(14)15)6-13-12(16)9-3-7-2-8(7)4-9/h7-10H,2-6H2,1H3,(H,13,16)(H,14,15). The quantitative estimate of drug-likeness (QED) is 0.715. The summed E-state index contributed by atoms with van der Waals surface area (Å²) < 4.78 is 5.01. The highest BCUT2D eigenvalue weighted by atomic mass is 16.5. The van der Waals surface area contributed by atoms with Crippen LogP contribution in [0.1, 0.15) is 25.7 Å². The van der Waals surface area contributed by atoms with Crippen LogP contribution in [-0.2, 0) is 14.3 Å². The number of rotatable bonds is 6. The number of amides is 1. The van der Waals surface area contributed by atoms with Crippen molar-refractivity contribution in [1.29, 1.82) is 0 Å². The SMILES string of the molecule is COC(CNC(=O)C1CC2CC2C1)CC(=O)O. The molecular formula is C12H19NO4. The third kappa shape index (κ3) is 3.19. The van der Waals surface area contributed by atoms with Crippen molar-refractivity contribution < 1.29 is 19.4 Å². The smallest absolute Gasteiger partial charge is 0.306 e. The summed E-state index contributed by atoms with van der Waals surface area (Å²) in [6.45, 7) is 0.285. The lowest BCUT2D eigenvalue weighted by Crippen LogP contribution is -2.37. The van der Waals surface area contributed by atoms with E-state index in [0.717, 1.165) is 24.7 Å². The number of nitrogens with one attached hydrogen (secondary N) is 1. The molecule has 2 N–H and O–H groups in total. The molecule has 2 saturated carbocycles. The zero-order valence-corrected chi connectivity index (χ0v) is 10.0. The van der Waals surface area contributed by atoms with Gasteiger partial charge >= 0.3 is 5.97 Å². The van der Waals surface area contributed by atoms with E-state index in [1.54, 1.807) is 0 Å². The number of ether oxygens (including phenoxy) is 1. The molecule has 3 unspecified atom stereocenters. The summed E-state index contributed by atoms with van der Waals surface area (Å²) in [6, 6.07) is 0. The van der Waals surface area contributed by atoms with Crippen LogP contribution in [0.4, 0.5) is 0 Å². The van der Waals surface area contributed by atoms with Crippen LogP contribution in [0, 0.1) is 17.8 Å². The van der Waals surface area contributed by atoms with Gasteiger partial charge in [0.1, 0.15) is 0 Å². The molecule has 2 aliphatic carbocycles. The van der Waals surface area contributed by atoms with Gasteiger partial charge in [-0.05, 0) is 31.1 Å². The van der Waals surface area contributed by atoms with Gasteiger partial charge in [-0.1, -0.05) is 0 Å². The summed E-state index contributed by atoms with van der Waals surface area (Å²) in [5.41, 5.74) is 0. The fourth-order valence-corrected chi connectivity index (χ4v) is 2.72. The number of carbonyl (C=O) groups excluding carboxylic acids is 1. The molecule has 0 bridgehead atoms. The Labute approximate surface area is 101 Å². The Bertz CT molecular complexity index is 308. The van der Waals surface area contributed by atoms with E-state index in [4.69, 9.17) is 9.84 Å². The van der Waals surface area contributed by atoms with Gasteiger partial charge in [0.15, 0.2) is 0 Å². The predicted octanol–water partition coefficient (Wildman–Crippen LogP) is 0.638. The summed E-state index contributed by atoms with van der Waals surface area (Å²) in [5, 5.41) is 11.4. The van der Waals surface area contributed by atoms with Gasteiger partial charge < -0.3 is 15.2 Å². The van der Waals surface area contributed by atoms with Crippen LogP contribution in [0.3, 0.4) is 0 Å². The lowest BCUT2D eigenvalue weighted by molar-refractivity contribution is -0.140. The Balaban J connectivity index is 1.69. The lowest BCUT2D eigenvalue weighted by Gasteiger charge is -2.16. The van der Waals surface area contributed by atoms with Gasteiger partial charge in [-0.25, -0.2) is 0 Å². The van der Waals surface area contributed by atoms with Crippen molar-refractivity contribution in [3.05, 3.63) is 0 Å². The van der Waals surface area contributed by atoms with Gasteiger partial charge in [0.25, 0.3) is 0 Å². The summed E-state index contributed by atoms with van der Waals surface area (Å²) in [6.07, 6.45) is 2.79. The molecule has 0 spiro atoms. The minimum atomic E-state index is -0.909. The minimum Gasteiger partial charge on any atom is -0.481 e. The lowest BCUT2D eigenvalue weighted by atomic mass is 10.0. The molecule has 17 heavy (non-hydrogen) atoms. The number of aliphatic carboxylic acids is 1. The largest absolute Gasteiger partial charge is 0.481 e. The molecule has 1 amide bonds. The molecule has 0 aliphatic heterocycles. The van der Waals surface area contributed by atoms with Crippen molar-refractivity contribution in [1.82, 2.24) is 5.32 Å². The monoisotopic (exact) mass is 241 g/mol. The topological polar surface area (TPSA) is 75.6 Å². The second-order valence-electron chi connectivity index (χ2n) is 5.12. The molecule has 3 atom stereocenters. The Morgan fingerprint density at radius 2 is 2.00 bits per heavy atom. The Morgan fingerprint density at radius 1 is 1.35 bits per heavy atom. The highest BCUT2D eigenvalue weighted by molar-refractivity contribution is 5.79. The number of carboxylic acid groups (broad SMARTS) is 1. The normalized spacial score (nSPS) is 31.7. The third-order valence-corrected chi connectivity index (χ3v) is 3.85. The Morgan fingerprint density at radius 3 is 2.53 bits per heavy atom. The molecule has 0 aromatic carbocycles. The molecular weight excluding hydrogens is 222 g/mol. The summed E-state index contributed by atoms with van der Waals surface area (Å²) in [5.74, 6) is 0.852. The van der Waals surface area contributed by atoms with E-state index in [-0.39, 0.29) is 24.8 Å². The first-order valence-corrected chi connectivity index (χ1v) is 6.12. The zero-order chi connectivity index (χ0) is 12.4. The number of carboxylic acids is 1. The van der Waals surface area contributed by atoms with Gasteiger partial charge in [0.2, 0.25) is 5.91 Å². The Hall–Kier alpha value is -1.10. The number of hydrogen-bond acceptors (Lipinski definition) is 3. The van der Waals surface area contributed by atoms with Crippen LogP contribution >= 0.6 is 0 Å². The maximum Gasteiger partial charge on any atom is 0.306 e. The van der Waals surface area contributed by atoms with Gasteiger partial charge in [-0.3, -0.25) is 9.59 Å². The second kappa shape index (κ2) is 5.04. The van der Waals surface area contributed by atoms with E-state index in [1.165, 1.54) is 13.5 Å². The molecule has 5 nitrogen and oxygen atoms in total. The van der Waals surface area contributed by atoms with Crippen molar-refractivity contribution in [2.24, 2.45) is 17.8 Å². The van der Waals surface area contributed by atoms with Crippen LogP contribution in [0.5, 0.6) is 0 Å². The average molecular weight is 241 g/mol. The molecule has 0 saturated heterocycles. The molecule has 0 radical (unpaired) electrons. The molecule has 2 rings (SSSR count).